The molecule has 0 aliphatic carbocycles. The molecule has 40 heavy (non-hydrogen) atoms. The molecule has 1 amide bonds. The summed E-state index contributed by atoms with van der Waals surface area (Å²) >= 11 is 0. The quantitative estimate of drug-likeness (QED) is 0.285. The van der Waals surface area contributed by atoms with E-state index in [1.165, 1.54) is 16.7 Å². The van der Waals surface area contributed by atoms with Gasteiger partial charge in [-0.05, 0) is 60.4 Å². The highest BCUT2D eigenvalue weighted by Crippen LogP contribution is 2.44. The predicted octanol–water partition coefficient (Wildman–Crippen LogP) is 7.94. The Kier molecular flexibility index (Phi) is 6.46. The Morgan fingerprint density at radius 1 is 0.875 bits per heavy atom. The molecule has 2 aliphatic heterocycles. The van der Waals surface area contributed by atoms with Crippen LogP contribution >= 0.6 is 0 Å². The summed E-state index contributed by atoms with van der Waals surface area (Å²) < 4.78 is 11.6. The standard InChI is InChI=1S/C35H34N2O3/c1-34(2)22-36-32(31-28-20-35(3,4)40-30(28)18-17-29(31)34)26-12-8-11-25(19-26)24-13-15-27(16-14-24)37-33(38)39-21-23-9-6-5-7-10-23/h5-19H,20-22H2,1-4H3,(H,37,38). The van der Waals surface area contributed by atoms with Crippen LogP contribution in [0.4, 0.5) is 10.5 Å². The van der Waals surface area contributed by atoms with Gasteiger partial charge in [-0.15, -0.1) is 0 Å². The Balaban J connectivity index is 1.23. The van der Waals surface area contributed by atoms with Gasteiger partial charge in [0.2, 0.25) is 0 Å². The monoisotopic (exact) mass is 530 g/mol. The number of anilines is 1. The molecule has 0 bridgehead atoms. The van der Waals surface area contributed by atoms with Crippen LogP contribution in [0.2, 0.25) is 0 Å². The van der Waals surface area contributed by atoms with E-state index in [2.05, 4.69) is 69.4 Å². The number of carbonyl (C=O) groups is 1. The molecule has 0 unspecified atom stereocenters. The largest absolute Gasteiger partial charge is 0.487 e. The number of amides is 1. The summed E-state index contributed by atoms with van der Waals surface area (Å²) in [5.74, 6) is 0.968. The number of hydrogen-bond donors (Lipinski definition) is 1. The molecule has 0 fully saturated rings. The van der Waals surface area contributed by atoms with E-state index >= 15 is 0 Å². The first-order chi connectivity index (χ1) is 19.2. The van der Waals surface area contributed by atoms with E-state index in [1.54, 1.807) is 0 Å². The fraction of sp³-hybridized carbons (Fsp3) is 0.257. The molecule has 0 atom stereocenters. The van der Waals surface area contributed by atoms with Crippen LogP contribution in [-0.4, -0.2) is 24.0 Å². The second-order valence-electron chi connectivity index (χ2n) is 11.9. The first-order valence-electron chi connectivity index (χ1n) is 13.8. The van der Waals surface area contributed by atoms with Crippen molar-refractivity contribution in [1.82, 2.24) is 0 Å². The van der Waals surface area contributed by atoms with Crippen molar-refractivity contribution in [3.8, 4) is 16.9 Å². The molecule has 2 aliphatic rings. The molecular formula is C35H34N2O3. The number of fused-ring (bicyclic) bond motifs is 3. The highest BCUT2D eigenvalue weighted by molar-refractivity contribution is 6.16. The SMILES string of the molecule is CC1(C)Cc2c(ccc3c2C(c2cccc(-c4ccc(NC(=O)OCc5ccccc5)cc4)c2)=NCC3(C)C)O1. The zero-order valence-electron chi connectivity index (χ0n) is 23.5. The molecule has 0 spiro atoms. The maximum absolute atomic E-state index is 12.3. The smallest absolute Gasteiger partial charge is 0.411 e. The molecule has 5 heteroatoms. The van der Waals surface area contributed by atoms with Gasteiger partial charge in [-0.2, -0.15) is 0 Å². The van der Waals surface area contributed by atoms with Crippen LogP contribution in [0.25, 0.3) is 11.1 Å². The minimum Gasteiger partial charge on any atom is -0.487 e. The summed E-state index contributed by atoms with van der Waals surface area (Å²) in [5, 5.41) is 2.81. The number of hydrogen-bond acceptors (Lipinski definition) is 4. The normalized spacial score (nSPS) is 16.2. The third-order valence-electron chi connectivity index (χ3n) is 7.67. The lowest BCUT2D eigenvalue weighted by atomic mass is 9.75. The fourth-order valence-electron chi connectivity index (χ4n) is 5.64. The van der Waals surface area contributed by atoms with Crippen LogP contribution in [0.3, 0.4) is 0 Å². The number of carbonyl (C=O) groups excluding carboxylic acids is 1. The molecule has 2 heterocycles. The lowest BCUT2D eigenvalue weighted by Crippen LogP contribution is -2.31. The van der Waals surface area contributed by atoms with E-state index in [4.69, 9.17) is 14.5 Å². The van der Waals surface area contributed by atoms with Gasteiger partial charge in [-0.25, -0.2) is 4.79 Å². The van der Waals surface area contributed by atoms with Gasteiger partial charge in [0.1, 0.15) is 18.0 Å². The number of aliphatic imine (C=N–C) groups is 1. The lowest BCUT2D eigenvalue weighted by Gasteiger charge is -2.32. The Labute approximate surface area is 235 Å². The number of nitrogens with zero attached hydrogens (tertiary/aromatic N) is 1. The average molecular weight is 531 g/mol. The third-order valence-corrected chi connectivity index (χ3v) is 7.67. The molecule has 0 saturated heterocycles. The highest BCUT2D eigenvalue weighted by Gasteiger charge is 2.38. The molecule has 4 aromatic rings. The number of rotatable bonds is 5. The Bertz CT molecular complexity index is 1600. The van der Waals surface area contributed by atoms with Gasteiger partial charge in [0.05, 0.1) is 5.71 Å². The summed E-state index contributed by atoms with van der Waals surface area (Å²) in [6.07, 6.45) is 0.387. The van der Waals surface area contributed by atoms with E-state index in [1.807, 2.05) is 54.6 Å². The summed E-state index contributed by atoms with van der Waals surface area (Å²) in [5.41, 5.74) is 9.47. The zero-order chi connectivity index (χ0) is 27.9. The van der Waals surface area contributed by atoms with Crippen molar-refractivity contribution in [3.05, 3.63) is 119 Å². The van der Waals surface area contributed by atoms with Crippen LogP contribution in [-0.2, 0) is 23.2 Å². The van der Waals surface area contributed by atoms with Crippen molar-refractivity contribution in [3.63, 3.8) is 0 Å². The maximum atomic E-state index is 12.3. The molecular weight excluding hydrogens is 496 g/mol. The molecule has 1 N–H and O–H groups in total. The Morgan fingerprint density at radius 3 is 2.40 bits per heavy atom. The summed E-state index contributed by atoms with van der Waals surface area (Å²) in [6, 6.07) is 30.4. The highest BCUT2D eigenvalue weighted by atomic mass is 16.5. The minimum absolute atomic E-state index is 0.0384. The van der Waals surface area contributed by atoms with E-state index < -0.39 is 6.09 Å². The van der Waals surface area contributed by atoms with Gasteiger partial charge in [0, 0.05) is 40.8 Å². The second-order valence-corrected chi connectivity index (χ2v) is 11.9. The van der Waals surface area contributed by atoms with Gasteiger partial charge in [-0.3, -0.25) is 10.3 Å². The third kappa shape index (κ3) is 5.12. The summed E-state index contributed by atoms with van der Waals surface area (Å²) in [4.78, 5) is 17.4. The molecule has 202 valence electrons. The van der Waals surface area contributed by atoms with Gasteiger partial charge in [-0.1, -0.05) is 80.6 Å². The molecule has 0 radical (unpaired) electrons. The van der Waals surface area contributed by atoms with E-state index in [-0.39, 0.29) is 17.6 Å². The van der Waals surface area contributed by atoms with Crippen LogP contribution in [0.1, 0.15) is 55.5 Å². The first kappa shape index (κ1) is 25.9. The van der Waals surface area contributed by atoms with Crippen LogP contribution in [0.15, 0.2) is 96.0 Å². The Morgan fingerprint density at radius 2 is 1.62 bits per heavy atom. The summed E-state index contributed by atoms with van der Waals surface area (Å²) in [7, 11) is 0. The van der Waals surface area contributed by atoms with Crippen LogP contribution in [0, 0.1) is 0 Å². The zero-order valence-corrected chi connectivity index (χ0v) is 23.5. The van der Waals surface area contributed by atoms with Gasteiger partial charge >= 0.3 is 6.09 Å². The molecule has 0 aromatic heterocycles. The fourth-order valence-corrected chi connectivity index (χ4v) is 5.64. The number of ether oxygens (including phenoxy) is 2. The lowest BCUT2D eigenvalue weighted by molar-refractivity contribution is 0.138. The van der Waals surface area contributed by atoms with Crippen molar-refractivity contribution < 1.29 is 14.3 Å². The van der Waals surface area contributed by atoms with Crippen molar-refractivity contribution in [2.75, 3.05) is 11.9 Å². The van der Waals surface area contributed by atoms with Gasteiger partial charge < -0.3 is 9.47 Å². The second kappa shape index (κ2) is 9.98. The predicted molar refractivity (Wildman–Crippen MR) is 161 cm³/mol. The molecule has 5 nitrogen and oxygen atoms in total. The van der Waals surface area contributed by atoms with Crippen LogP contribution in [0.5, 0.6) is 5.75 Å². The van der Waals surface area contributed by atoms with Crippen molar-refractivity contribution in [2.45, 2.75) is 51.7 Å². The topological polar surface area (TPSA) is 59.9 Å². The van der Waals surface area contributed by atoms with Gasteiger partial charge in [0.25, 0.3) is 0 Å². The van der Waals surface area contributed by atoms with Crippen LogP contribution < -0.4 is 10.1 Å². The molecule has 4 aromatic carbocycles. The average Bonchev–Trinajstić information content (AvgIpc) is 3.27. The van der Waals surface area contributed by atoms with Crippen molar-refractivity contribution in [1.29, 1.82) is 0 Å². The number of nitrogens with one attached hydrogen (secondary N) is 1. The minimum atomic E-state index is -0.477. The molecule has 0 saturated carbocycles. The van der Waals surface area contributed by atoms with Crippen molar-refractivity contribution >= 4 is 17.5 Å². The summed E-state index contributed by atoms with van der Waals surface area (Å²) in [6.45, 7) is 9.79. The Hall–Kier alpha value is -4.38. The van der Waals surface area contributed by atoms with E-state index in [0.29, 0.717) is 5.69 Å². The maximum Gasteiger partial charge on any atom is 0.411 e. The van der Waals surface area contributed by atoms with Gasteiger partial charge in [0.15, 0.2) is 0 Å². The molecule has 6 rings (SSSR count). The first-order valence-corrected chi connectivity index (χ1v) is 13.8. The van der Waals surface area contributed by atoms with E-state index in [0.717, 1.165) is 46.7 Å². The van der Waals surface area contributed by atoms with E-state index in [9.17, 15) is 4.79 Å². The van der Waals surface area contributed by atoms with Crippen molar-refractivity contribution in [2.24, 2.45) is 4.99 Å². The number of benzene rings is 4.